The van der Waals surface area contributed by atoms with Gasteiger partial charge in [-0.05, 0) is 88.8 Å². The van der Waals surface area contributed by atoms with Gasteiger partial charge in [0.2, 0.25) is 11.8 Å². The van der Waals surface area contributed by atoms with Gasteiger partial charge in [0.15, 0.2) is 0 Å². The van der Waals surface area contributed by atoms with Crippen molar-refractivity contribution in [1.29, 1.82) is 0 Å². The molecule has 0 aromatic heterocycles. The molecule has 3 aromatic carbocycles. The number of phenols is 1. The van der Waals surface area contributed by atoms with Crippen LogP contribution in [-0.2, 0) is 23.5 Å². The Balaban J connectivity index is 1.34. The van der Waals surface area contributed by atoms with Crippen LogP contribution in [0.5, 0.6) is 5.75 Å². The molecule has 3 aliphatic rings. The first kappa shape index (κ1) is 40.6. The maximum atomic E-state index is 14.1. The van der Waals surface area contributed by atoms with Crippen molar-refractivity contribution in [1.82, 2.24) is 4.90 Å². The lowest BCUT2D eigenvalue weighted by Crippen LogP contribution is -2.66. The monoisotopic (exact) mass is 783 g/mol. The first-order chi connectivity index (χ1) is 26.4. The molecule has 4 atom stereocenters. The van der Waals surface area contributed by atoms with E-state index in [0.717, 1.165) is 29.6 Å². The minimum absolute atomic E-state index is 0.0762. The van der Waals surface area contributed by atoms with E-state index in [2.05, 4.69) is 82.3 Å². The zero-order valence-electron chi connectivity index (χ0n) is 32.4. The number of hydrogen-bond donors (Lipinski definition) is 2. The SMILES string of the molecule is CC/C(=C\c1ccc(O)cc1Cl)CC[C@H]1OC[C@H]2C1=C(CO[Si](c1ccccc1)(c1ccccc1)C(C)(C)C)C[C@H]1C(=O)N(CCCCCC(=O)O)C(=O)[C@H]12. The molecule has 10 heteroatoms. The Morgan fingerprint density at radius 1 is 0.945 bits per heavy atom. The molecule has 2 aliphatic heterocycles. The van der Waals surface area contributed by atoms with E-state index in [1.165, 1.54) is 20.8 Å². The number of halogens is 1. The number of amides is 2. The lowest BCUT2D eigenvalue weighted by Gasteiger charge is -2.44. The number of hydrogen-bond acceptors (Lipinski definition) is 6. The molecule has 3 aromatic rings. The zero-order chi connectivity index (χ0) is 39.3. The Morgan fingerprint density at radius 3 is 2.22 bits per heavy atom. The van der Waals surface area contributed by atoms with Crippen molar-refractivity contribution in [3.63, 3.8) is 0 Å². The Morgan fingerprint density at radius 2 is 1.62 bits per heavy atom. The van der Waals surface area contributed by atoms with Gasteiger partial charge in [0, 0.05) is 18.9 Å². The van der Waals surface area contributed by atoms with E-state index in [-0.39, 0.29) is 41.0 Å². The summed E-state index contributed by atoms with van der Waals surface area (Å²) in [6.45, 7) is 9.88. The van der Waals surface area contributed by atoms with Gasteiger partial charge in [0.25, 0.3) is 8.32 Å². The van der Waals surface area contributed by atoms with E-state index in [0.29, 0.717) is 56.9 Å². The molecule has 6 rings (SSSR count). The second-order valence-electron chi connectivity index (χ2n) is 16.2. The standard InChI is InChI=1S/C45H54ClNO7Si/c1-5-30(25-31-21-22-33(48)27-38(31)46)20-23-39-41-32(28-54-55(45(2,3)4,34-15-9-6-10-16-34)35-17-11-7-12-18-35)26-36-42(37(41)29-53-39)44(52)47(43(36)51)24-14-8-13-19-40(49)50/h6-7,9-12,15-18,21-22,25,27,36-37,39,42,48H,5,8,13-14,19-20,23-24,26,28-29H2,1-4H3,(H,49,50)/b30-25+/t36-,37+,39-,42-/m1/s1. The lowest BCUT2D eigenvalue weighted by molar-refractivity contribution is -0.141. The fourth-order valence-electron chi connectivity index (χ4n) is 9.09. The molecule has 0 radical (unpaired) electrons. The van der Waals surface area contributed by atoms with Crippen LogP contribution in [0.15, 0.2) is 95.6 Å². The number of allylic oxidation sites excluding steroid dienone is 1. The number of carbonyl (C=O) groups excluding carboxylic acids is 2. The number of benzene rings is 3. The Labute approximate surface area is 331 Å². The molecule has 8 nitrogen and oxygen atoms in total. The summed E-state index contributed by atoms with van der Waals surface area (Å²) in [5.74, 6) is -2.19. The van der Waals surface area contributed by atoms with Crippen LogP contribution in [-0.4, -0.2) is 67.1 Å². The van der Waals surface area contributed by atoms with Gasteiger partial charge in [-0.3, -0.25) is 19.3 Å². The number of rotatable bonds is 16. The summed E-state index contributed by atoms with van der Waals surface area (Å²) < 4.78 is 14.1. The van der Waals surface area contributed by atoms with Gasteiger partial charge >= 0.3 is 5.97 Å². The molecule has 2 N–H and O–H groups in total. The van der Waals surface area contributed by atoms with Crippen molar-refractivity contribution in [3.8, 4) is 5.75 Å². The van der Waals surface area contributed by atoms with Crippen LogP contribution in [0.2, 0.25) is 10.1 Å². The molecule has 2 saturated heterocycles. The van der Waals surface area contributed by atoms with Crippen LogP contribution in [0, 0.1) is 17.8 Å². The quantitative estimate of drug-likeness (QED) is 0.0653. The minimum Gasteiger partial charge on any atom is -0.508 e. The van der Waals surface area contributed by atoms with Crippen molar-refractivity contribution in [2.45, 2.75) is 90.2 Å². The van der Waals surface area contributed by atoms with E-state index in [9.17, 15) is 19.5 Å². The predicted octanol–water partition coefficient (Wildman–Crippen LogP) is 8.16. The highest BCUT2D eigenvalue weighted by Gasteiger charge is 2.57. The van der Waals surface area contributed by atoms with Gasteiger partial charge in [-0.25, -0.2) is 0 Å². The second-order valence-corrected chi connectivity index (χ2v) is 20.9. The van der Waals surface area contributed by atoms with Crippen LogP contribution >= 0.6 is 11.6 Å². The van der Waals surface area contributed by atoms with E-state index < -0.39 is 26.1 Å². The molecule has 292 valence electrons. The first-order valence-corrected chi connectivity index (χ1v) is 22.0. The molecule has 0 unspecified atom stereocenters. The van der Waals surface area contributed by atoms with Crippen molar-refractivity contribution in [2.24, 2.45) is 17.8 Å². The summed E-state index contributed by atoms with van der Waals surface area (Å²) in [6.07, 6.45) is 6.36. The molecule has 2 fully saturated rings. The average molecular weight is 784 g/mol. The maximum absolute atomic E-state index is 14.1. The molecule has 55 heavy (non-hydrogen) atoms. The van der Waals surface area contributed by atoms with Gasteiger partial charge in [-0.15, -0.1) is 0 Å². The third-order valence-corrected chi connectivity index (χ3v) is 17.1. The average Bonchev–Trinajstić information content (AvgIpc) is 3.69. The van der Waals surface area contributed by atoms with Crippen molar-refractivity contribution < 1.29 is 33.8 Å². The van der Waals surface area contributed by atoms with Crippen molar-refractivity contribution in [3.05, 3.63) is 106 Å². The summed E-state index contributed by atoms with van der Waals surface area (Å²) in [5, 5.41) is 21.5. The molecule has 2 heterocycles. The maximum Gasteiger partial charge on any atom is 0.303 e. The normalized spacial score (nSPS) is 21.6. The molecule has 2 amide bonds. The highest BCUT2D eigenvalue weighted by molar-refractivity contribution is 6.99. The fourth-order valence-corrected chi connectivity index (χ4v) is 13.9. The zero-order valence-corrected chi connectivity index (χ0v) is 34.2. The van der Waals surface area contributed by atoms with E-state index in [4.69, 9.17) is 25.9 Å². The van der Waals surface area contributed by atoms with Gasteiger partial charge in [-0.1, -0.05) is 118 Å². The van der Waals surface area contributed by atoms with Gasteiger partial charge < -0.3 is 19.4 Å². The summed E-state index contributed by atoms with van der Waals surface area (Å²) in [6, 6.07) is 26.1. The van der Waals surface area contributed by atoms with Gasteiger partial charge in [-0.2, -0.15) is 0 Å². The third-order valence-electron chi connectivity index (χ3n) is 11.8. The largest absolute Gasteiger partial charge is 0.508 e. The molecular weight excluding hydrogens is 730 g/mol. The number of unbranched alkanes of at least 4 members (excludes halogenated alkanes) is 2. The number of imide groups is 1. The number of carboxylic acid groups (broad SMARTS) is 1. The second kappa shape index (κ2) is 17.4. The van der Waals surface area contributed by atoms with Crippen molar-refractivity contribution >= 4 is 54.2 Å². The summed E-state index contributed by atoms with van der Waals surface area (Å²) in [4.78, 5) is 40.7. The number of likely N-dealkylation sites (tertiary alicyclic amines) is 1. The minimum atomic E-state index is -2.92. The van der Waals surface area contributed by atoms with Crippen molar-refractivity contribution in [2.75, 3.05) is 19.8 Å². The number of ether oxygens (including phenoxy) is 1. The number of aromatic hydroxyl groups is 1. The summed E-state index contributed by atoms with van der Waals surface area (Å²) in [7, 11) is -2.92. The highest BCUT2D eigenvalue weighted by Crippen LogP contribution is 2.50. The van der Waals surface area contributed by atoms with E-state index in [1.807, 2.05) is 18.2 Å². The summed E-state index contributed by atoms with van der Waals surface area (Å²) >= 11 is 6.47. The molecule has 0 saturated carbocycles. The number of carboxylic acids is 1. The topological polar surface area (TPSA) is 113 Å². The van der Waals surface area contributed by atoms with Gasteiger partial charge in [0.1, 0.15) is 5.75 Å². The van der Waals surface area contributed by atoms with Crippen LogP contribution < -0.4 is 10.4 Å². The lowest BCUT2D eigenvalue weighted by atomic mass is 9.69. The Kier molecular flexibility index (Phi) is 12.9. The van der Waals surface area contributed by atoms with Crippen LogP contribution in [0.3, 0.4) is 0 Å². The smallest absolute Gasteiger partial charge is 0.303 e. The fraction of sp³-hybridized carbons (Fsp3) is 0.444. The third kappa shape index (κ3) is 8.55. The number of aliphatic carboxylic acids is 1. The van der Waals surface area contributed by atoms with E-state index in [1.54, 1.807) is 12.1 Å². The van der Waals surface area contributed by atoms with Crippen LogP contribution in [0.1, 0.15) is 84.6 Å². The number of nitrogens with zero attached hydrogens (tertiary/aromatic N) is 1. The molecular formula is C45H54ClNO7Si. The van der Waals surface area contributed by atoms with E-state index >= 15 is 0 Å². The van der Waals surface area contributed by atoms with Gasteiger partial charge in [0.05, 0.1) is 36.2 Å². The number of phenolic OH excluding ortho intramolecular Hbond substituents is 1. The number of fused-ring (bicyclic) bond motifs is 3. The Hall–Kier alpha value is -4.02. The number of carbonyl (C=O) groups is 3. The molecule has 1 aliphatic carbocycles. The highest BCUT2D eigenvalue weighted by atomic mass is 35.5. The van der Waals surface area contributed by atoms with Crippen LogP contribution in [0.4, 0.5) is 0 Å². The van der Waals surface area contributed by atoms with Crippen LogP contribution in [0.25, 0.3) is 6.08 Å². The molecule has 0 spiro atoms. The Bertz CT molecular complexity index is 1880. The summed E-state index contributed by atoms with van der Waals surface area (Å²) in [5.41, 5.74) is 4.22. The first-order valence-electron chi connectivity index (χ1n) is 19.7. The molecule has 0 bridgehead atoms. The predicted molar refractivity (Wildman–Crippen MR) is 219 cm³/mol.